The zero-order chi connectivity index (χ0) is 17.0. The number of benzene rings is 1. The molecule has 0 bridgehead atoms. The van der Waals surface area contributed by atoms with Gasteiger partial charge in [-0.15, -0.1) is 0 Å². The minimum absolute atomic E-state index is 0.0162. The van der Waals surface area contributed by atoms with Gasteiger partial charge in [0.2, 0.25) is 5.91 Å². The molecule has 2 aromatic rings. The van der Waals surface area contributed by atoms with Crippen LogP contribution >= 0.6 is 0 Å². The van der Waals surface area contributed by atoms with E-state index < -0.39 is 17.4 Å². The maximum Gasteiger partial charge on any atom is 0.262 e. The summed E-state index contributed by atoms with van der Waals surface area (Å²) in [6, 6.07) is 6.35. The smallest absolute Gasteiger partial charge is 0.262 e. The van der Waals surface area contributed by atoms with Crippen molar-refractivity contribution in [2.24, 2.45) is 0 Å². The Kier molecular flexibility index (Phi) is 2.83. The average molecular weight is 324 g/mol. The number of nitrogen functional groups attached to an aromatic ring is 1. The fourth-order valence-electron chi connectivity index (χ4n) is 3.15. The van der Waals surface area contributed by atoms with Gasteiger partial charge in [-0.1, -0.05) is 12.1 Å². The monoisotopic (exact) mass is 324 g/mol. The van der Waals surface area contributed by atoms with Crippen LogP contribution in [0.25, 0.3) is 5.69 Å². The SMILES string of the molecule is Nc1c2c(cc(=O)n1-c1cccc3c1CC(=O)NC3)C(=O)NC2=O. The first-order valence-corrected chi connectivity index (χ1v) is 7.26. The molecule has 0 saturated carbocycles. The molecule has 24 heavy (non-hydrogen) atoms. The van der Waals surface area contributed by atoms with Gasteiger partial charge in [0.1, 0.15) is 5.82 Å². The number of carbonyl (C=O) groups is 3. The molecule has 4 rings (SSSR count). The van der Waals surface area contributed by atoms with E-state index in [-0.39, 0.29) is 29.3 Å². The topological polar surface area (TPSA) is 123 Å². The van der Waals surface area contributed by atoms with Crippen LogP contribution in [-0.4, -0.2) is 22.3 Å². The van der Waals surface area contributed by atoms with Gasteiger partial charge < -0.3 is 11.1 Å². The van der Waals surface area contributed by atoms with Gasteiger partial charge in [0, 0.05) is 12.6 Å². The molecule has 2 aliphatic heterocycles. The highest BCUT2D eigenvalue weighted by atomic mass is 16.2. The standard InChI is InChI=1S/C16H12N4O4/c17-14-13-9(15(23)19-16(13)24)5-12(22)20(14)10-3-1-2-7-6-18-11(21)4-8(7)10/h1-3,5H,4,6,17H2,(H,18,21)(H,19,23,24). The second-order valence-corrected chi connectivity index (χ2v) is 5.64. The van der Waals surface area contributed by atoms with Crippen LogP contribution in [0.15, 0.2) is 29.1 Å². The van der Waals surface area contributed by atoms with E-state index in [0.717, 1.165) is 11.6 Å². The number of fused-ring (bicyclic) bond motifs is 2. The quantitative estimate of drug-likeness (QED) is 0.609. The highest BCUT2D eigenvalue weighted by molar-refractivity contribution is 6.23. The maximum absolute atomic E-state index is 12.5. The normalized spacial score (nSPS) is 15.6. The van der Waals surface area contributed by atoms with Crippen LogP contribution in [0.2, 0.25) is 0 Å². The number of amides is 3. The van der Waals surface area contributed by atoms with Gasteiger partial charge in [-0.25, -0.2) is 0 Å². The van der Waals surface area contributed by atoms with Gasteiger partial charge in [-0.2, -0.15) is 0 Å². The lowest BCUT2D eigenvalue weighted by molar-refractivity contribution is -0.121. The molecular weight excluding hydrogens is 312 g/mol. The van der Waals surface area contributed by atoms with Gasteiger partial charge in [-0.05, 0) is 17.2 Å². The number of nitrogens with zero attached hydrogens (tertiary/aromatic N) is 1. The van der Waals surface area contributed by atoms with Gasteiger partial charge in [0.15, 0.2) is 0 Å². The molecule has 0 aliphatic carbocycles. The first-order valence-electron chi connectivity index (χ1n) is 7.26. The summed E-state index contributed by atoms with van der Waals surface area (Å²) in [6.07, 6.45) is 0.111. The third kappa shape index (κ3) is 1.86. The van der Waals surface area contributed by atoms with Crippen molar-refractivity contribution in [3.63, 3.8) is 0 Å². The molecular formula is C16H12N4O4. The number of pyridine rings is 1. The van der Waals surface area contributed by atoms with Crippen LogP contribution in [0, 0.1) is 0 Å². The third-order valence-electron chi connectivity index (χ3n) is 4.26. The molecule has 1 aromatic heterocycles. The number of rotatable bonds is 1. The minimum atomic E-state index is -0.639. The van der Waals surface area contributed by atoms with Crippen LogP contribution in [0.3, 0.4) is 0 Å². The molecule has 0 radical (unpaired) electrons. The number of hydrogen-bond acceptors (Lipinski definition) is 5. The van der Waals surface area contributed by atoms with Crippen molar-refractivity contribution in [1.29, 1.82) is 0 Å². The molecule has 0 saturated heterocycles. The van der Waals surface area contributed by atoms with E-state index in [1.165, 1.54) is 4.57 Å². The Balaban J connectivity index is 2.02. The van der Waals surface area contributed by atoms with Gasteiger partial charge in [0.05, 0.1) is 23.2 Å². The van der Waals surface area contributed by atoms with Crippen LogP contribution < -0.4 is 21.9 Å². The number of carbonyl (C=O) groups excluding carboxylic acids is 3. The van der Waals surface area contributed by atoms with Gasteiger partial charge in [-0.3, -0.25) is 29.1 Å². The molecule has 0 atom stereocenters. The molecule has 0 unspecified atom stereocenters. The second-order valence-electron chi connectivity index (χ2n) is 5.64. The lowest BCUT2D eigenvalue weighted by Crippen LogP contribution is -2.32. The maximum atomic E-state index is 12.5. The summed E-state index contributed by atoms with van der Waals surface area (Å²) in [7, 11) is 0. The second kappa shape index (κ2) is 4.79. The van der Waals surface area contributed by atoms with Crippen LogP contribution in [0.5, 0.6) is 0 Å². The highest BCUT2D eigenvalue weighted by Crippen LogP contribution is 2.27. The Hall–Kier alpha value is -3.42. The van der Waals surface area contributed by atoms with Crippen molar-refractivity contribution < 1.29 is 14.4 Å². The zero-order valence-corrected chi connectivity index (χ0v) is 12.4. The van der Waals surface area contributed by atoms with Crippen molar-refractivity contribution in [1.82, 2.24) is 15.2 Å². The first kappa shape index (κ1) is 14.2. The molecule has 2 aliphatic rings. The zero-order valence-electron chi connectivity index (χ0n) is 12.4. The van der Waals surface area contributed by atoms with Crippen molar-refractivity contribution in [2.45, 2.75) is 13.0 Å². The third-order valence-corrected chi connectivity index (χ3v) is 4.26. The van der Waals surface area contributed by atoms with Crippen molar-refractivity contribution in [2.75, 3.05) is 5.73 Å². The lowest BCUT2D eigenvalue weighted by Gasteiger charge is -2.22. The minimum Gasteiger partial charge on any atom is -0.384 e. The number of nitrogens with one attached hydrogen (secondary N) is 2. The van der Waals surface area contributed by atoms with Gasteiger partial charge in [0.25, 0.3) is 17.4 Å². The molecule has 0 spiro atoms. The molecule has 3 heterocycles. The van der Waals surface area contributed by atoms with Crippen LogP contribution in [0.1, 0.15) is 31.8 Å². The van der Waals surface area contributed by atoms with E-state index in [0.29, 0.717) is 17.8 Å². The summed E-state index contributed by atoms with van der Waals surface area (Å²) in [4.78, 5) is 47.9. The molecule has 1 aromatic carbocycles. The Morgan fingerprint density at radius 2 is 1.88 bits per heavy atom. The predicted octanol–water partition coefficient (Wildman–Crippen LogP) is -0.524. The predicted molar refractivity (Wildman–Crippen MR) is 83.8 cm³/mol. The fourth-order valence-corrected chi connectivity index (χ4v) is 3.15. The Morgan fingerprint density at radius 1 is 1.08 bits per heavy atom. The van der Waals surface area contributed by atoms with E-state index in [1.807, 2.05) is 6.07 Å². The average Bonchev–Trinajstić information content (AvgIpc) is 2.82. The number of hydrogen-bond donors (Lipinski definition) is 3. The van der Waals surface area contributed by atoms with Gasteiger partial charge >= 0.3 is 0 Å². The summed E-state index contributed by atoms with van der Waals surface area (Å²) in [5.41, 5.74) is 7.46. The molecule has 8 heteroatoms. The molecule has 3 amide bonds. The van der Waals surface area contributed by atoms with Crippen molar-refractivity contribution in [3.8, 4) is 5.69 Å². The molecule has 0 fully saturated rings. The first-order chi connectivity index (χ1) is 11.5. The van der Waals surface area contributed by atoms with E-state index in [4.69, 9.17) is 5.73 Å². The van der Waals surface area contributed by atoms with E-state index in [1.54, 1.807) is 12.1 Å². The van der Waals surface area contributed by atoms with E-state index in [9.17, 15) is 19.2 Å². The number of anilines is 1. The van der Waals surface area contributed by atoms with E-state index >= 15 is 0 Å². The highest BCUT2D eigenvalue weighted by Gasteiger charge is 2.32. The summed E-state index contributed by atoms with van der Waals surface area (Å²) in [5, 5.41) is 4.86. The number of aromatic nitrogens is 1. The summed E-state index contributed by atoms with van der Waals surface area (Å²) >= 11 is 0. The van der Waals surface area contributed by atoms with Crippen molar-refractivity contribution in [3.05, 3.63) is 56.9 Å². The Bertz CT molecular complexity index is 1010. The summed E-state index contributed by atoms with van der Waals surface area (Å²) in [6.45, 7) is 0.362. The largest absolute Gasteiger partial charge is 0.384 e. The molecule has 8 nitrogen and oxygen atoms in total. The summed E-state index contributed by atoms with van der Waals surface area (Å²) < 4.78 is 1.18. The lowest BCUT2D eigenvalue weighted by atomic mass is 9.98. The summed E-state index contributed by atoms with van der Waals surface area (Å²) in [5.74, 6) is -1.54. The fraction of sp³-hybridized carbons (Fsp3) is 0.125. The molecule has 4 N–H and O–H groups in total. The number of nitrogens with two attached hydrogens (primary N) is 1. The Labute approximate surface area is 135 Å². The van der Waals surface area contributed by atoms with Crippen molar-refractivity contribution >= 4 is 23.5 Å². The molecule has 120 valence electrons. The Morgan fingerprint density at radius 3 is 2.67 bits per heavy atom. The van der Waals surface area contributed by atoms with E-state index in [2.05, 4.69) is 10.6 Å². The van der Waals surface area contributed by atoms with Crippen LogP contribution in [-0.2, 0) is 17.8 Å². The number of imide groups is 1. The van der Waals surface area contributed by atoms with Crippen LogP contribution in [0.4, 0.5) is 5.82 Å².